The minimum Gasteiger partial charge on any atom is -0.458 e. The van der Waals surface area contributed by atoms with Gasteiger partial charge in [-0.1, -0.05) is 24.3 Å². The maximum Gasteiger partial charge on any atom is 0.573 e. The van der Waals surface area contributed by atoms with E-state index in [0.29, 0.717) is 27.9 Å². The zero-order valence-electron chi connectivity index (χ0n) is 21.3. The maximum absolute atomic E-state index is 13.7. The van der Waals surface area contributed by atoms with E-state index >= 15 is 0 Å². The van der Waals surface area contributed by atoms with Crippen molar-refractivity contribution in [3.8, 4) is 16.9 Å². The van der Waals surface area contributed by atoms with Crippen LogP contribution in [0.25, 0.3) is 22.1 Å². The summed E-state index contributed by atoms with van der Waals surface area (Å²) in [6.45, 7) is 1.78. The minimum absolute atomic E-state index is 0.0203. The molecule has 0 spiro atoms. The van der Waals surface area contributed by atoms with Crippen molar-refractivity contribution < 1.29 is 22.3 Å². The second kappa shape index (κ2) is 11.2. The molecule has 41 heavy (non-hydrogen) atoms. The number of nitrogen functional groups attached to an aromatic ring is 1. The molecule has 0 aliphatic heterocycles. The Hall–Kier alpha value is -4.46. The molecule has 0 bridgehead atoms. The third kappa shape index (κ3) is 6.01. The molecule has 0 aliphatic carbocycles. The number of rotatable bonds is 7. The second-order valence-corrected chi connectivity index (χ2v) is 10.2. The Morgan fingerprint density at radius 2 is 1.80 bits per heavy atom. The molecule has 0 aliphatic rings. The first kappa shape index (κ1) is 28.1. The molecule has 12 heteroatoms. The van der Waals surface area contributed by atoms with E-state index in [0.717, 1.165) is 15.7 Å². The predicted molar refractivity (Wildman–Crippen MR) is 158 cm³/mol. The Morgan fingerprint density at radius 3 is 2.51 bits per heavy atom. The van der Waals surface area contributed by atoms with Gasteiger partial charge in [0.2, 0.25) is 5.43 Å². The van der Waals surface area contributed by atoms with Gasteiger partial charge < -0.3 is 20.2 Å². The molecular formula is C29H21F3IN5O3. The van der Waals surface area contributed by atoms with E-state index in [1.165, 1.54) is 18.5 Å². The number of alkyl halides is 3. The van der Waals surface area contributed by atoms with Gasteiger partial charge >= 0.3 is 6.36 Å². The molecule has 0 radical (unpaired) electrons. The fraction of sp³-hybridized carbons (Fsp3) is 0.103. The molecule has 2 heterocycles. The minimum atomic E-state index is -4.84. The summed E-state index contributed by atoms with van der Waals surface area (Å²) in [7, 11) is 0. The summed E-state index contributed by atoms with van der Waals surface area (Å²) < 4.78 is 48.8. The van der Waals surface area contributed by atoms with E-state index in [1.54, 1.807) is 31.2 Å². The first-order valence-electron chi connectivity index (χ1n) is 12.2. The number of halogens is 4. The van der Waals surface area contributed by atoms with Crippen LogP contribution in [0.2, 0.25) is 0 Å². The summed E-state index contributed by atoms with van der Waals surface area (Å²) in [5, 5.41) is 12.4. The Balaban J connectivity index is 1.55. The fourth-order valence-electron chi connectivity index (χ4n) is 4.37. The summed E-state index contributed by atoms with van der Waals surface area (Å²) in [5.41, 5.74) is 7.66. The molecule has 0 fully saturated rings. The van der Waals surface area contributed by atoms with Gasteiger partial charge in [0.05, 0.1) is 28.3 Å². The van der Waals surface area contributed by atoms with E-state index in [2.05, 4.69) is 42.6 Å². The number of anilines is 2. The number of hydrogen-bond acceptors (Lipinski definition) is 8. The van der Waals surface area contributed by atoms with Gasteiger partial charge in [-0.2, -0.15) is 0 Å². The van der Waals surface area contributed by atoms with Gasteiger partial charge in [-0.3, -0.25) is 10.2 Å². The van der Waals surface area contributed by atoms with Crippen LogP contribution in [0.15, 0.2) is 88.3 Å². The van der Waals surface area contributed by atoms with Crippen molar-refractivity contribution in [2.24, 2.45) is 0 Å². The zero-order chi connectivity index (χ0) is 29.3. The van der Waals surface area contributed by atoms with Gasteiger partial charge in [0.1, 0.15) is 35.1 Å². The van der Waals surface area contributed by atoms with Crippen LogP contribution in [0.5, 0.6) is 5.75 Å². The number of nitrogens with one attached hydrogen (secondary N) is 2. The number of nitrogens with two attached hydrogens (primary N) is 1. The Labute approximate surface area is 245 Å². The lowest BCUT2D eigenvalue weighted by atomic mass is 9.98. The van der Waals surface area contributed by atoms with Crippen LogP contribution >= 0.6 is 22.6 Å². The van der Waals surface area contributed by atoms with Crippen molar-refractivity contribution in [1.82, 2.24) is 9.97 Å². The normalized spacial score (nSPS) is 12.2. The molecule has 5 aromatic rings. The first-order chi connectivity index (χ1) is 19.5. The summed E-state index contributed by atoms with van der Waals surface area (Å²) >= 11 is 2.17. The topological polar surface area (TPSA) is 127 Å². The van der Waals surface area contributed by atoms with Crippen LogP contribution in [0.4, 0.5) is 24.8 Å². The Bertz CT molecular complexity index is 1820. The zero-order valence-corrected chi connectivity index (χ0v) is 23.4. The van der Waals surface area contributed by atoms with E-state index in [1.807, 2.05) is 24.3 Å². The predicted octanol–water partition coefficient (Wildman–Crippen LogP) is 6.92. The largest absolute Gasteiger partial charge is 0.573 e. The molecule has 3 aromatic carbocycles. The first-order valence-corrected chi connectivity index (χ1v) is 13.2. The third-order valence-corrected chi connectivity index (χ3v) is 6.86. The number of hydrogen-bond donors (Lipinski definition) is 3. The van der Waals surface area contributed by atoms with Gasteiger partial charge in [-0.05, 0) is 83.6 Å². The van der Waals surface area contributed by atoms with Crippen molar-refractivity contribution in [3.63, 3.8) is 0 Å². The van der Waals surface area contributed by atoms with Crippen molar-refractivity contribution in [3.05, 3.63) is 110 Å². The lowest BCUT2D eigenvalue weighted by Crippen LogP contribution is -2.19. The highest BCUT2D eigenvalue weighted by Gasteiger charge is 2.31. The molecule has 1 atom stereocenters. The van der Waals surface area contributed by atoms with E-state index in [-0.39, 0.29) is 33.9 Å². The van der Waals surface area contributed by atoms with Crippen LogP contribution in [0, 0.1) is 8.98 Å². The van der Waals surface area contributed by atoms with Crippen LogP contribution in [-0.4, -0.2) is 22.0 Å². The molecule has 2 aromatic heterocycles. The summed E-state index contributed by atoms with van der Waals surface area (Å²) in [4.78, 5) is 22.0. The Kier molecular flexibility index (Phi) is 7.67. The van der Waals surface area contributed by atoms with Gasteiger partial charge in [0, 0.05) is 9.13 Å². The highest BCUT2D eigenvalue weighted by molar-refractivity contribution is 14.1. The molecule has 4 N–H and O–H groups in total. The van der Waals surface area contributed by atoms with Gasteiger partial charge in [0.15, 0.2) is 0 Å². The molecule has 0 saturated carbocycles. The fourth-order valence-corrected chi connectivity index (χ4v) is 4.92. The third-order valence-electron chi connectivity index (χ3n) is 6.19. The lowest BCUT2D eigenvalue weighted by molar-refractivity contribution is -0.274. The number of fused-ring (bicyclic) bond motifs is 1. The molecule has 5 rings (SSSR count). The van der Waals surface area contributed by atoms with Crippen LogP contribution in [0.1, 0.15) is 29.9 Å². The SMILES string of the molecule is CC(Nc1ncnc(N)c1C(=N)c1ccc(OC(F)(F)F)cc1)c1oc2ccccc2c(=O)c1-c1cccc(I)c1. The number of nitrogens with zero attached hydrogens (tertiary/aromatic N) is 2. The number of aromatic nitrogens is 2. The van der Waals surface area contributed by atoms with Gasteiger partial charge in [0.25, 0.3) is 0 Å². The number of para-hydroxylation sites is 1. The lowest BCUT2D eigenvalue weighted by Gasteiger charge is -2.20. The average Bonchev–Trinajstić information content (AvgIpc) is 2.92. The van der Waals surface area contributed by atoms with Crippen LogP contribution < -0.4 is 21.2 Å². The monoisotopic (exact) mass is 671 g/mol. The molecule has 0 amide bonds. The van der Waals surface area contributed by atoms with Crippen molar-refractivity contribution >= 4 is 50.9 Å². The molecule has 208 valence electrons. The summed E-state index contributed by atoms with van der Waals surface area (Å²) in [5.74, 6) is 0.0786. The highest BCUT2D eigenvalue weighted by atomic mass is 127. The van der Waals surface area contributed by atoms with E-state index < -0.39 is 18.2 Å². The van der Waals surface area contributed by atoms with E-state index in [4.69, 9.17) is 15.6 Å². The van der Waals surface area contributed by atoms with Gasteiger partial charge in [-0.25, -0.2) is 9.97 Å². The van der Waals surface area contributed by atoms with Crippen molar-refractivity contribution in [1.29, 1.82) is 5.41 Å². The van der Waals surface area contributed by atoms with Gasteiger partial charge in [-0.15, -0.1) is 13.2 Å². The molecule has 0 saturated heterocycles. The smallest absolute Gasteiger partial charge is 0.458 e. The van der Waals surface area contributed by atoms with Crippen LogP contribution in [0.3, 0.4) is 0 Å². The summed E-state index contributed by atoms with van der Waals surface area (Å²) in [6, 6.07) is 18.6. The average molecular weight is 671 g/mol. The molecular weight excluding hydrogens is 650 g/mol. The van der Waals surface area contributed by atoms with Crippen LogP contribution in [-0.2, 0) is 0 Å². The quantitative estimate of drug-likeness (QED) is 0.127. The number of benzene rings is 3. The molecule has 1 unspecified atom stereocenters. The standard InChI is InChI=1S/C29H21F3IN5O3/c1-15(26-22(17-5-4-6-18(33)13-17)25(39)20-7-2-3-8-21(20)40-26)38-28-23(27(35)36-14-37-28)24(34)16-9-11-19(12-10-16)41-29(30,31)32/h2-15,34H,1H3,(H3,35,36,37,38). The van der Waals surface area contributed by atoms with Crippen molar-refractivity contribution in [2.45, 2.75) is 19.3 Å². The highest BCUT2D eigenvalue weighted by Crippen LogP contribution is 2.33. The van der Waals surface area contributed by atoms with E-state index in [9.17, 15) is 18.0 Å². The summed E-state index contributed by atoms with van der Waals surface area (Å²) in [6.07, 6.45) is -3.62. The van der Waals surface area contributed by atoms with Crippen molar-refractivity contribution in [2.75, 3.05) is 11.1 Å². The maximum atomic E-state index is 13.7. The Morgan fingerprint density at radius 1 is 1.07 bits per heavy atom. The number of ether oxygens (including phenoxy) is 1. The second-order valence-electron chi connectivity index (χ2n) is 8.97. The molecule has 8 nitrogen and oxygen atoms in total.